The van der Waals surface area contributed by atoms with Gasteiger partial charge in [-0.2, -0.15) is 0 Å². The van der Waals surface area contributed by atoms with Crippen LogP contribution in [0, 0.1) is 0 Å². The van der Waals surface area contributed by atoms with Gasteiger partial charge in [-0.05, 0) is 53.5 Å². The SMILES string of the molecule is C[C@H](O)c1ccc(CCNC(=O)c2ccccc2Br)s1. The second-order valence-electron chi connectivity index (χ2n) is 4.47. The molecule has 5 heteroatoms. The third kappa shape index (κ3) is 3.91. The van der Waals surface area contributed by atoms with Gasteiger partial charge in [-0.15, -0.1) is 11.3 Å². The number of carbonyl (C=O) groups excluding carboxylic acids is 1. The molecule has 3 nitrogen and oxygen atoms in total. The van der Waals surface area contributed by atoms with Crippen LogP contribution in [0.2, 0.25) is 0 Å². The Bertz CT molecular complexity index is 595. The van der Waals surface area contributed by atoms with E-state index in [0.29, 0.717) is 12.1 Å². The summed E-state index contributed by atoms with van der Waals surface area (Å²) in [5, 5.41) is 12.4. The Morgan fingerprint density at radius 1 is 1.35 bits per heavy atom. The topological polar surface area (TPSA) is 49.3 Å². The molecule has 0 fully saturated rings. The summed E-state index contributed by atoms with van der Waals surface area (Å²) in [7, 11) is 0. The van der Waals surface area contributed by atoms with Crippen molar-refractivity contribution in [2.24, 2.45) is 0 Å². The average Bonchev–Trinajstić information content (AvgIpc) is 2.88. The smallest absolute Gasteiger partial charge is 0.252 e. The number of aliphatic hydroxyl groups excluding tert-OH is 1. The standard InChI is InChI=1S/C15H16BrNO2S/c1-10(18)14-7-6-11(20-14)8-9-17-15(19)12-4-2-3-5-13(12)16/h2-7,10,18H,8-9H2,1H3,(H,17,19)/t10-/m0/s1. The van der Waals surface area contributed by atoms with E-state index in [1.807, 2.05) is 30.3 Å². The van der Waals surface area contributed by atoms with Crippen molar-refractivity contribution in [1.82, 2.24) is 5.32 Å². The monoisotopic (exact) mass is 353 g/mol. The van der Waals surface area contributed by atoms with Crippen LogP contribution in [0.25, 0.3) is 0 Å². The van der Waals surface area contributed by atoms with E-state index >= 15 is 0 Å². The van der Waals surface area contributed by atoms with Crippen molar-refractivity contribution in [3.63, 3.8) is 0 Å². The Hall–Kier alpha value is -1.17. The normalized spacial score (nSPS) is 12.2. The molecule has 0 saturated carbocycles. The van der Waals surface area contributed by atoms with Crippen LogP contribution in [-0.2, 0) is 6.42 Å². The fourth-order valence-corrected chi connectivity index (χ4v) is 3.21. The Labute approximate surface area is 130 Å². The number of carbonyl (C=O) groups is 1. The second kappa shape index (κ2) is 7.02. The van der Waals surface area contributed by atoms with Crippen LogP contribution >= 0.6 is 27.3 Å². The van der Waals surface area contributed by atoms with Crippen LogP contribution in [0.5, 0.6) is 0 Å². The van der Waals surface area contributed by atoms with Crippen molar-refractivity contribution in [2.75, 3.05) is 6.54 Å². The zero-order chi connectivity index (χ0) is 14.5. The first kappa shape index (κ1) is 15.2. The van der Waals surface area contributed by atoms with E-state index < -0.39 is 6.10 Å². The molecule has 2 N–H and O–H groups in total. The van der Waals surface area contributed by atoms with Gasteiger partial charge in [0.2, 0.25) is 0 Å². The predicted octanol–water partition coefficient (Wildman–Crippen LogP) is 3.54. The molecule has 0 bridgehead atoms. The van der Waals surface area contributed by atoms with Gasteiger partial charge in [-0.25, -0.2) is 0 Å². The van der Waals surface area contributed by atoms with E-state index in [1.54, 1.807) is 24.3 Å². The number of hydrogen-bond donors (Lipinski definition) is 2. The van der Waals surface area contributed by atoms with E-state index in [1.165, 1.54) is 0 Å². The molecule has 0 unspecified atom stereocenters. The average molecular weight is 354 g/mol. The Kier molecular flexibility index (Phi) is 5.34. The quantitative estimate of drug-likeness (QED) is 0.863. The number of nitrogens with one attached hydrogen (secondary N) is 1. The highest BCUT2D eigenvalue weighted by Crippen LogP contribution is 2.23. The fraction of sp³-hybridized carbons (Fsp3) is 0.267. The number of halogens is 1. The summed E-state index contributed by atoms with van der Waals surface area (Å²) in [6.07, 6.45) is 0.344. The maximum absolute atomic E-state index is 12.0. The molecule has 0 aliphatic rings. The molecule has 0 saturated heterocycles. The molecule has 1 atom stereocenters. The molecule has 106 valence electrons. The van der Waals surface area contributed by atoms with E-state index in [2.05, 4.69) is 21.2 Å². The van der Waals surface area contributed by atoms with E-state index in [-0.39, 0.29) is 5.91 Å². The summed E-state index contributed by atoms with van der Waals surface area (Å²) in [5.74, 6) is -0.0789. The number of hydrogen-bond acceptors (Lipinski definition) is 3. The molecule has 0 aliphatic heterocycles. The largest absolute Gasteiger partial charge is 0.388 e. The summed E-state index contributed by atoms with van der Waals surface area (Å²) in [6, 6.07) is 11.3. The van der Waals surface area contributed by atoms with E-state index in [0.717, 1.165) is 20.6 Å². The van der Waals surface area contributed by atoms with Crippen molar-refractivity contribution in [2.45, 2.75) is 19.4 Å². The fourth-order valence-electron chi connectivity index (χ4n) is 1.79. The molecule has 0 aliphatic carbocycles. The van der Waals surface area contributed by atoms with Crippen LogP contribution in [0.4, 0.5) is 0 Å². The van der Waals surface area contributed by atoms with Crippen LogP contribution in [0.3, 0.4) is 0 Å². The first-order valence-electron chi connectivity index (χ1n) is 6.37. The third-order valence-electron chi connectivity index (χ3n) is 2.87. The molecular weight excluding hydrogens is 338 g/mol. The van der Waals surface area contributed by atoms with Crippen LogP contribution in [0.15, 0.2) is 40.9 Å². The molecule has 1 aromatic carbocycles. The highest BCUT2D eigenvalue weighted by molar-refractivity contribution is 9.10. The third-order valence-corrected chi connectivity index (χ3v) is 4.88. The maximum Gasteiger partial charge on any atom is 0.252 e. The Morgan fingerprint density at radius 2 is 2.10 bits per heavy atom. The lowest BCUT2D eigenvalue weighted by atomic mass is 10.2. The van der Waals surface area contributed by atoms with Gasteiger partial charge >= 0.3 is 0 Å². The zero-order valence-electron chi connectivity index (χ0n) is 11.1. The van der Waals surface area contributed by atoms with Gasteiger partial charge in [0.05, 0.1) is 11.7 Å². The minimum absolute atomic E-state index is 0.0789. The molecule has 1 amide bonds. The molecule has 2 rings (SSSR count). The molecule has 1 aromatic heterocycles. The van der Waals surface area contributed by atoms with Crippen molar-refractivity contribution >= 4 is 33.2 Å². The number of aliphatic hydroxyl groups is 1. The van der Waals surface area contributed by atoms with Gasteiger partial charge in [0.15, 0.2) is 0 Å². The second-order valence-corrected chi connectivity index (χ2v) is 6.52. The van der Waals surface area contributed by atoms with Gasteiger partial charge in [0.1, 0.15) is 0 Å². The summed E-state index contributed by atoms with van der Waals surface area (Å²) < 4.78 is 0.796. The highest BCUT2D eigenvalue weighted by Gasteiger charge is 2.09. The number of thiophene rings is 1. The first-order chi connectivity index (χ1) is 9.58. The highest BCUT2D eigenvalue weighted by atomic mass is 79.9. The van der Waals surface area contributed by atoms with E-state index in [9.17, 15) is 9.90 Å². The number of amides is 1. The lowest BCUT2D eigenvalue weighted by molar-refractivity contribution is 0.0953. The van der Waals surface area contributed by atoms with Gasteiger partial charge in [0.25, 0.3) is 5.91 Å². The van der Waals surface area contributed by atoms with E-state index in [4.69, 9.17) is 0 Å². The Balaban J connectivity index is 1.86. The van der Waals surface area contributed by atoms with Crippen molar-refractivity contribution in [1.29, 1.82) is 0 Å². The molecule has 0 radical (unpaired) electrons. The van der Waals surface area contributed by atoms with Crippen LogP contribution in [0.1, 0.15) is 33.1 Å². The lowest BCUT2D eigenvalue weighted by Gasteiger charge is -2.06. The Morgan fingerprint density at radius 3 is 2.75 bits per heavy atom. The van der Waals surface area contributed by atoms with Crippen molar-refractivity contribution in [3.8, 4) is 0 Å². The number of benzene rings is 1. The van der Waals surface area contributed by atoms with Gasteiger partial charge in [-0.1, -0.05) is 12.1 Å². The van der Waals surface area contributed by atoms with Crippen LogP contribution < -0.4 is 5.32 Å². The minimum Gasteiger partial charge on any atom is -0.388 e. The molecule has 1 heterocycles. The predicted molar refractivity (Wildman–Crippen MR) is 85.1 cm³/mol. The minimum atomic E-state index is -0.427. The summed E-state index contributed by atoms with van der Waals surface area (Å²) in [4.78, 5) is 14.1. The van der Waals surface area contributed by atoms with Gasteiger partial charge in [0, 0.05) is 20.8 Å². The molecule has 0 spiro atoms. The number of rotatable bonds is 5. The van der Waals surface area contributed by atoms with Crippen molar-refractivity contribution < 1.29 is 9.90 Å². The summed E-state index contributed by atoms with van der Waals surface area (Å²) >= 11 is 4.95. The van der Waals surface area contributed by atoms with Crippen LogP contribution in [-0.4, -0.2) is 17.6 Å². The molecule has 2 aromatic rings. The maximum atomic E-state index is 12.0. The van der Waals surface area contributed by atoms with Crippen molar-refractivity contribution in [3.05, 3.63) is 56.2 Å². The van der Waals surface area contributed by atoms with Gasteiger partial charge < -0.3 is 10.4 Å². The zero-order valence-corrected chi connectivity index (χ0v) is 13.5. The molecule has 20 heavy (non-hydrogen) atoms. The van der Waals surface area contributed by atoms with Gasteiger partial charge in [-0.3, -0.25) is 4.79 Å². The lowest BCUT2D eigenvalue weighted by Crippen LogP contribution is -2.25. The summed E-state index contributed by atoms with van der Waals surface area (Å²) in [6.45, 7) is 2.34. The molecular formula is C15H16BrNO2S. The summed E-state index contributed by atoms with van der Waals surface area (Å²) in [5.41, 5.74) is 0.642. The first-order valence-corrected chi connectivity index (χ1v) is 7.98.